The number of benzene rings is 1. The molecule has 1 atom stereocenters. The van der Waals surface area contributed by atoms with Crippen LogP contribution in [0.4, 0.5) is 10.2 Å². The number of rotatable bonds is 4. The van der Waals surface area contributed by atoms with E-state index in [2.05, 4.69) is 20.3 Å². The van der Waals surface area contributed by atoms with E-state index < -0.39 is 6.10 Å². The first-order valence-corrected chi connectivity index (χ1v) is 11.5. The van der Waals surface area contributed by atoms with Crippen molar-refractivity contribution >= 4 is 17.2 Å². The lowest BCUT2D eigenvalue weighted by atomic mass is 9.93. The Morgan fingerprint density at radius 3 is 2.76 bits per heavy atom. The molecule has 7 nitrogen and oxygen atoms in total. The molecule has 2 aliphatic rings. The van der Waals surface area contributed by atoms with E-state index in [9.17, 15) is 4.39 Å². The highest BCUT2D eigenvalue weighted by molar-refractivity contribution is 6.03. The van der Waals surface area contributed by atoms with E-state index in [1.807, 2.05) is 13.0 Å². The highest BCUT2D eigenvalue weighted by Gasteiger charge is 2.26. The molecule has 3 heterocycles. The first kappa shape index (κ1) is 22.0. The fourth-order valence-electron chi connectivity index (χ4n) is 4.27. The van der Waals surface area contributed by atoms with E-state index in [4.69, 9.17) is 15.9 Å². The van der Waals surface area contributed by atoms with Gasteiger partial charge >= 0.3 is 0 Å². The smallest absolute Gasteiger partial charge is 0.166 e. The maximum Gasteiger partial charge on any atom is 0.166 e. The third-order valence-electron chi connectivity index (χ3n) is 6.32. The number of aromatic nitrogens is 3. The monoisotopic (exact) mass is 458 g/mol. The Balaban J connectivity index is 1.76. The van der Waals surface area contributed by atoms with Crippen molar-refractivity contribution in [2.75, 3.05) is 12.3 Å². The number of nitrogen functional groups attached to an aromatic ring is 1. The molecule has 0 unspecified atom stereocenters. The highest BCUT2D eigenvalue weighted by Crippen LogP contribution is 2.37. The van der Waals surface area contributed by atoms with Gasteiger partial charge in [-0.3, -0.25) is 9.97 Å². The average Bonchev–Trinajstić information content (AvgIpc) is 3.64. The molecule has 0 spiro atoms. The van der Waals surface area contributed by atoms with Crippen molar-refractivity contribution in [1.82, 2.24) is 20.3 Å². The number of hydrogen-bond donors (Lipinski definition) is 3. The van der Waals surface area contributed by atoms with E-state index in [-0.39, 0.29) is 11.6 Å². The van der Waals surface area contributed by atoms with Crippen LogP contribution in [0.15, 0.2) is 48.4 Å². The van der Waals surface area contributed by atoms with Crippen LogP contribution in [0.3, 0.4) is 0 Å². The van der Waals surface area contributed by atoms with Crippen LogP contribution in [-0.4, -0.2) is 27.2 Å². The molecule has 5 rings (SSSR count). The molecular formula is C26H27FN6O. The molecule has 1 aliphatic carbocycles. The van der Waals surface area contributed by atoms with E-state index in [0.717, 1.165) is 28.9 Å². The quantitative estimate of drug-likeness (QED) is 0.489. The van der Waals surface area contributed by atoms with Gasteiger partial charge in [-0.1, -0.05) is 0 Å². The molecule has 1 fully saturated rings. The Labute approximate surface area is 197 Å². The number of nitrogens with one attached hydrogen (secondary N) is 2. The molecule has 0 amide bonds. The summed E-state index contributed by atoms with van der Waals surface area (Å²) >= 11 is 0. The minimum absolute atomic E-state index is 0.250. The first-order chi connectivity index (χ1) is 16.4. The molecule has 4 N–H and O–H groups in total. The summed E-state index contributed by atoms with van der Waals surface area (Å²) < 4.78 is 20.5. The topological polar surface area (TPSA) is 110 Å². The highest BCUT2D eigenvalue weighted by atomic mass is 19.1. The molecule has 34 heavy (non-hydrogen) atoms. The lowest BCUT2D eigenvalue weighted by Crippen LogP contribution is -2.21. The largest absolute Gasteiger partial charge is 0.482 e. The van der Waals surface area contributed by atoms with Crippen LogP contribution in [0.5, 0.6) is 5.75 Å². The van der Waals surface area contributed by atoms with Gasteiger partial charge in [0, 0.05) is 65.2 Å². The summed E-state index contributed by atoms with van der Waals surface area (Å²) in [4.78, 5) is 13.6. The minimum atomic E-state index is -0.518. The average molecular weight is 459 g/mol. The predicted octanol–water partition coefficient (Wildman–Crippen LogP) is 4.71. The third kappa shape index (κ3) is 4.35. The summed E-state index contributed by atoms with van der Waals surface area (Å²) in [7, 11) is 0. The van der Waals surface area contributed by atoms with Gasteiger partial charge in [-0.05, 0) is 56.9 Å². The zero-order valence-electron chi connectivity index (χ0n) is 19.2. The van der Waals surface area contributed by atoms with Crippen LogP contribution in [0, 0.1) is 17.1 Å². The van der Waals surface area contributed by atoms with Crippen molar-refractivity contribution in [3.63, 3.8) is 0 Å². The number of pyridine rings is 1. The summed E-state index contributed by atoms with van der Waals surface area (Å²) in [5.41, 5.74) is 11.7. The summed E-state index contributed by atoms with van der Waals surface area (Å²) in [5, 5.41) is 12.2. The second-order valence-electron chi connectivity index (χ2n) is 8.93. The van der Waals surface area contributed by atoms with Crippen molar-refractivity contribution in [3.8, 4) is 17.0 Å². The van der Waals surface area contributed by atoms with E-state index in [1.165, 1.54) is 25.0 Å². The minimum Gasteiger partial charge on any atom is -0.482 e. The van der Waals surface area contributed by atoms with Gasteiger partial charge in [-0.15, -0.1) is 0 Å². The fourth-order valence-corrected chi connectivity index (χ4v) is 4.27. The Morgan fingerprint density at radius 1 is 1.21 bits per heavy atom. The SMILES string of the molecule is CC(=N)/C1=C(\NCC2CC2)c2cnc(N)c(c2)O[C@H](C)c2cc(F)ccc2-c2nccnc2C1. The molecule has 8 heteroatoms. The lowest BCUT2D eigenvalue weighted by molar-refractivity contribution is 0.227. The molecule has 2 bridgehead atoms. The molecule has 1 aliphatic heterocycles. The van der Waals surface area contributed by atoms with Crippen molar-refractivity contribution in [2.24, 2.45) is 5.92 Å². The van der Waals surface area contributed by atoms with Gasteiger partial charge in [0.25, 0.3) is 0 Å². The molecule has 0 radical (unpaired) electrons. The van der Waals surface area contributed by atoms with Crippen LogP contribution in [0.25, 0.3) is 17.0 Å². The number of anilines is 1. The Morgan fingerprint density at radius 2 is 2.00 bits per heavy atom. The summed E-state index contributed by atoms with van der Waals surface area (Å²) in [6, 6.07) is 6.41. The summed E-state index contributed by atoms with van der Waals surface area (Å²) in [5.74, 6) is 0.926. The van der Waals surface area contributed by atoms with Crippen molar-refractivity contribution < 1.29 is 9.13 Å². The molecule has 2 aromatic heterocycles. The van der Waals surface area contributed by atoms with Crippen molar-refractivity contribution in [1.29, 1.82) is 5.41 Å². The van der Waals surface area contributed by atoms with E-state index >= 15 is 0 Å². The van der Waals surface area contributed by atoms with Crippen molar-refractivity contribution in [2.45, 2.75) is 39.2 Å². The van der Waals surface area contributed by atoms with Crippen LogP contribution >= 0.6 is 0 Å². The summed E-state index contributed by atoms with van der Waals surface area (Å²) in [6.45, 7) is 4.43. The van der Waals surface area contributed by atoms with Gasteiger partial charge in [0.15, 0.2) is 11.6 Å². The number of halogens is 1. The standard InChI is InChI=1S/C26H27FN6O/c1-14(28)20-11-22-25(31-8-7-30-22)19-6-5-18(27)10-21(19)15(2)34-23-9-17(13-33-26(23)29)24(20)32-12-16-3-4-16/h5-10,13,15-16,28,32H,3-4,11-12H2,1-2H3,(H2,29,33)/b24-20-,28-14?/t15-/m1/s1. The van der Waals surface area contributed by atoms with Crippen LogP contribution in [0.2, 0.25) is 0 Å². The van der Waals surface area contributed by atoms with Gasteiger partial charge in [-0.2, -0.15) is 0 Å². The fraction of sp³-hybridized carbons (Fsp3) is 0.308. The van der Waals surface area contributed by atoms with Crippen LogP contribution < -0.4 is 15.8 Å². The number of allylic oxidation sites excluding steroid dienone is 1. The number of hydrogen-bond acceptors (Lipinski definition) is 7. The maximum absolute atomic E-state index is 14.3. The predicted molar refractivity (Wildman–Crippen MR) is 130 cm³/mol. The molecule has 1 saturated carbocycles. The number of nitrogens with zero attached hydrogens (tertiary/aromatic N) is 3. The second kappa shape index (κ2) is 8.85. The zero-order valence-corrected chi connectivity index (χ0v) is 19.2. The molecular weight excluding hydrogens is 431 g/mol. The van der Waals surface area contributed by atoms with Gasteiger partial charge in [0.05, 0.1) is 11.4 Å². The van der Waals surface area contributed by atoms with Gasteiger partial charge in [-0.25, -0.2) is 9.37 Å². The number of fused-ring (bicyclic) bond motifs is 5. The van der Waals surface area contributed by atoms with Crippen LogP contribution in [-0.2, 0) is 6.42 Å². The van der Waals surface area contributed by atoms with Gasteiger partial charge in [0.2, 0.25) is 0 Å². The van der Waals surface area contributed by atoms with Crippen molar-refractivity contribution in [3.05, 3.63) is 71.1 Å². The number of nitrogens with two attached hydrogens (primary N) is 1. The molecule has 0 saturated heterocycles. The van der Waals surface area contributed by atoms with E-state index in [0.29, 0.717) is 40.8 Å². The number of ether oxygens (including phenoxy) is 1. The van der Waals surface area contributed by atoms with Gasteiger partial charge < -0.3 is 21.2 Å². The van der Waals surface area contributed by atoms with E-state index in [1.54, 1.807) is 31.6 Å². The third-order valence-corrected chi connectivity index (χ3v) is 6.32. The summed E-state index contributed by atoms with van der Waals surface area (Å²) in [6.07, 6.45) is 7.24. The molecule has 1 aromatic carbocycles. The Hall–Kier alpha value is -3.81. The Kier molecular flexibility index (Phi) is 5.73. The second-order valence-corrected chi connectivity index (χ2v) is 8.93. The molecule has 174 valence electrons. The maximum atomic E-state index is 14.3. The molecule has 3 aromatic rings. The van der Waals surface area contributed by atoms with Crippen LogP contribution in [0.1, 0.15) is 49.6 Å². The van der Waals surface area contributed by atoms with Gasteiger partial charge in [0.1, 0.15) is 11.9 Å². The first-order valence-electron chi connectivity index (χ1n) is 11.5. The normalized spacial score (nSPS) is 19.7. The lowest BCUT2D eigenvalue weighted by Gasteiger charge is -2.23. The zero-order chi connectivity index (χ0) is 23.8. The Bertz CT molecular complexity index is 1300.